The minimum absolute atomic E-state index is 0.206. The SMILES string of the molecule is CCCCc1ncc(CO)n1-c1ccc(NC(=O)c2ccccc2NS(=O)(=O)C(F)(F)F)cc1. The number of sulfonamides is 1. The van der Waals surface area contributed by atoms with Gasteiger partial charge in [0.05, 0.1) is 29.7 Å². The van der Waals surface area contributed by atoms with Gasteiger partial charge in [0.1, 0.15) is 5.82 Å². The summed E-state index contributed by atoms with van der Waals surface area (Å²) in [5.41, 5.74) is -4.65. The van der Waals surface area contributed by atoms with Crippen LogP contribution in [0.15, 0.2) is 54.7 Å². The van der Waals surface area contributed by atoms with E-state index < -0.39 is 27.1 Å². The van der Waals surface area contributed by atoms with Crippen molar-refractivity contribution < 1.29 is 31.5 Å². The van der Waals surface area contributed by atoms with Crippen molar-refractivity contribution in [3.63, 3.8) is 0 Å². The van der Waals surface area contributed by atoms with Crippen molar-refractivity contribution >= 4 is 27.3 Å². The van der Waals surface area contributed by atoms with E-state index in [1.807, 2.05) is 4.57 Å². The smallest absolute Gasteiger partial charge is 0.390 e. The van der Waals surface area contributed by atoms with Gasteiger partial charge < -0.3 is 10.4 Å². The molecule has 0 aliphatic carbocycles. The number of hydrogen-bond acceptors (Lipinski definition) is 5. The predicted molar refractivity (Wildman–Crippen MR) is 121 cm³/mol. The van der Waals surface area contributed by atoms with E-state index >= 15 is 0 Å². The number of nitrogens with one attached hydrogen (secondary N) is 2. The molecule has 3 N–H and O–H groups in total. The number of imidazole rings is 1. The van der Waals surface area contributed by atoms with Crippen molar-refractivity contribution in [2.24, 2.45) is 0 Å². The number of aromatic nitrogens is 2. The fourth-order valence-corrected chi connectivity index (χ4v) is 3.82. The maximum Gasteiger partial charge on any atom is 0.516 e. The lowest BCUT2D eigenvalue weighted by atomic mass is 10.1. The van der Waals surface area contributed by atoms with Crippen molar-refractivity contribution in [3.05, 3.63) is 71.8 Å². The lowest BCUT2D eigenvalue weighted by molar-refractivity contribution is -0.0429. The van der Waals surface area contributed by atoms with Gasteiger partial charge in [-0.1, -0.05) is 25.5 Å². The Morgan fingerprint density at radius 3 is 2.41 bits per heavy atom. The minimum Gasteiger partial charge on any atom is -0.390 e. The molecule has 1 heterocycles. The largest absolute Gasteiger partial charge is 0.516 e. The first-order valence-corrected chi connectivity index (χ1v) is 11.8. The lowest BCUT2D eigenvalue weighted by Gasteiger charge is -2.15. The molecule has 182 valence electrons. The van der Waals surface area contributed by atoms with Crippen LogP contribution < -0.4 is 10.0 Å². The number of carbonyl (C=O) groups is 1. The molecule has 0 spiro atoms. The van der Waals surface area contributed by atoms with E-state index in [0.717, 1.165) is 31.2 Å². The van der Waals surface area contributed by atoms with Gasteiger partial charge in [-0.25, -0.2) is 4.98 Å². The van der Waals surface area contributed by atoms with Crippen molar-refractivity contribution in [3.8, 4) is 5.69 Å². The Bertz CT molecular complexity index is 1260. The molecule has 8 nitrogen and oxygen atoms in total. The molecule has 0 unspecified atom stereocenters. The van der Waals surface area contributed by atoms with Crippen molar-refractivity contribution in [1.29, 1.82) is 0 Å². The Labute approximate surface area is 194 Å². The number of carbonyl (C=O) groups excluding carboxylic acids is 1. The van der Waals surface area contributed by atoms with Crippen LogP contribution in [-0.4, -0.2) is 34.5 Å². The number of alkyl halides is 3. The fraction of sp³-hybridized carbons (Fsp3) is 0.273. The zero-order valence-electron chi connectivity index (χ0n) is 18.1. The third kappa shape index (κ3) is 5.57. The molecule has 3 aromatic rings. The second-order valence-electron chi connectivity index (χ2n) is 7.36. The molecule has 0 saturated carbocycles. The normalized spacial score (nSPS) is 11.9. The summed E-state index contributed by atoms with van der Waals surface area (Å²) in [6.45, 7) is 1.85. The van der Waals surface area contributed by atoms with Crippen LogP contribution in [0.2, 0.25) is 0 Å². The van der Waals surface area contributed by atoms with E-state index in [-0.39, 0.29) is 12.2 Å². The van der Waals surface area contributed by atoms with E-state index in [0.29, 0.717) is 17.1 Å². The van der Waals surface area contributed by atoms with Gasteiger partial charge in [0.15, 0.2) is 0 Å². The summed E-state index contributed by atoms with van der Waals surface area (Å²) in [7, 11) is -5.69. The molecular formula is C22H23F3N4O4S. The van der Waals surface area contributed by atoms with Gasteiger partial charge in [0.2, 0.25) is 0 Å². The zero-order chi connectivity index (χ0) is 24.9. The summed E-state index contributed by atoms with van der Waals surface area (Å²) in [6, 6.07) is 11.5. The van der Waals surface area contributed by atoms with Crippen molar-refractivity contribution in [1.82, 2.24) is 9.55 Å². The Kier molecular flexibility index (Phi) is 7.62. The molecule has 2 aromatic carbocycles. The van der Waals surface area contributed by atoms with Crippen LogP contribution in [-0.2, 0) is 23.1 Å². The summed E-state index contributed by atoms with van der Waals surface area (Å²) < 4.78 is 64.3. The maximum absolute atomic E-state index is 12.7. The van der Waals surface area contributed by atoms with E-state index in [9.17, 15) is 31.5 Å². The number of aliphatic hydroxyl groups is 1. The molecule has 0 radical (unpaired) electrons. The second kappa shape index (κ2) is 10.3. The molecule has 0 aliphatic rings. The number of hydrogen-bond donors (Lipinski definition) is 3. The molecule has 1 amide bonds. The van der Waals surface area contributed by atoms with Gasteiger partial charge in [-0.2, -0.15) is 21.6 Å². The highest BCUT2D eigenvalue weighted by Gasteiger charge is 2.46. The monoisotopic (exact) mass is 496 g/mol. The highest BCUT2D eigenvalue weighted by Crippen LogP contribution is 2.27. The van der Waals surface area contributed by atoms with E-state index in [4.69, 9.17) is 0 Å². The summed E-state index contributed by atoms with van der Waals surface area (Å²) in [5, 5.41) is 12.2. The molecule has 0 saturated heterocycles. The number of anilines is 2. The highest BCUT2D eigenvalue weighted by molar-refractivity contribution is 7.93. The Morgan fingerprint density at radius 2 is 1.79 bits per heavy atom. The van der Waals surface area contributed by atoms with Crippen LogP contribution in [0.5, 0.6) is 0 Å². The van der Waals surface area contributed by atoms with Crippen LogP contribution >= 0.6 is 0 Å². The van der Waals surface area contributed by atoms with E-state index in [1.165, 1.54) is 22.9 Å². The number of para-hydroxylation sites is 1. The van der Waals surface area contributed by atoms with Crippen LogP contribution in [0, 0.1) is 0 Å². The highest BCUT2D eigenvalue weighted by atomic mass is 32.2. The average molecular weight is 497 g/mol. The number of aryl methyl sites for hydroxylation is 1. The molecule has 12 heteroatoms. The zero-order valence-corrected chi connectivity index (χ0v) is 18.9. The molecule has 0 aliphatic heterocycles. The number of unbranched alkanes of at least 4 members (excludes halogenated alkanes) is 1. The molecule has 0 fully saturated rings. The summed E-state index contributed by atoms with van der Waals surface area (Å²) >= 11 is 0. The van der Waals surface area contributed by atoms with Gasteiger partial charge in [0, 0.05) is 17.8 Å². The van der Waals surface area contributed by atoms with Crippen LogP contribution in [0.1, 0.15) is 41.6 Å². The van der Waals surface area contributed by atoms with Gasteiger partial charge in [0.25, 0.3) is 5.91 Å². The van der Waals surface area contributed by atoms with E-state index in [2.05, 4.69) is 17.2 Å². The number of aliphatic hydroxyl groups excluding tert-OH is 1. The maximum atomic E-state index is 12.7. The first-order chi connectivity index (χ1) is 16.1. The van der Waals surface area contributed by atoms with Gasteiger partial charge >= 0.3 is 15.5 Å². The first-order valence-electron chi connectivity index (χ1n) is 10.3. The molecule has 0 atom stereocenters. The Hall–Kier alpha value is -3.38. The topological polar surface area (TPSA) is 113 Å². The number of nitrogens with zero attached hydrogens (tertiary/aromatic N) is 2. The third-order valence-electron chi connectivity index (χ3n) is 4.93. The summed E-state index contributed by atoms with van der Waals surface area (Å²) in [6.07, 6.45) is 4.22. The fourth-order valence-electron chi connectivity index (χ4n) is 3.23. The average Bonchev–Trinajstić information content (AvgIpc) is 3.20. The first kappa shape index (κ1) is 25.2. The third-order valence-corrected chi connectivity index (χ3v) is 6.03. The van der Waals surface area contributed by atoms with Gasteiger partial charge in [-0.3, -0.25) is 14.1 Å². The van der Waals surface area contributed by atoms with Crippen LogP contribution in [0.4, 0.5) is 24.5 Å². The minimum atomic E-state index is -5.69. The van der Waals surface area contributed by atoms with E-state index in [1.54, 1.807) is 30.5 Å². The molecule has 3 rings (SSSR count). The molecule has 34 heavy (non-hydrogen) atoms. The lowest BCUT2D eigenvalue weighted by Crippen LogP contribution is -2.30. The standard InChI is InChI=1S/C22H23F3N4O4S/c1-2-3-8-20-26-13-17(14-30)29(20)16-11-9-15(10-12-16)27-21(31)18-6-4-5-7-19(18)28-34(32,33)22(23,24)25/h4-7,9-13,28,30H,2-3,8,14H2,1H3,(H,27,31). The number of amides is 1. The van der Waals surface area contributed by atoms with Crippen LogP contribution in [0.25, 0.3) is 5.69 Å². The van der Waals surface area contributed by atoms with Crippen LogP contribution in [0.3, 0.4) is 0 Å². The van der Waals surface area contributed by atoms with Crippen molar-refractivity contribution in [2.75, 3.05) is 10.0 Å². The molecule has 0 bridgehead atoms. The summed E-state index contributed by atoms with van der Waals surface area (Å²) in [4.78, 5) is 17.0. The quantitative estimate of drug-likeness (QED) is 0.411. The number of rotatable bonds is 9. The second-order valence-corrected chi connectivity index (χ2v) is 9.03. The number of benzene rings is 2. The molecular weight excluding hydrogens is 473 g/mol. The van der Waals surface area contributed by atoms with Gasteiger partial charge in [-0.15, -0.1) is 0 Å². The summed E-state index contributed by atoms with van der Waals surface area (Å²) in [5.74, 6) is -0.0101. The number of halogens is 3. The Morgan fingerprint density at radius 1 is 1.12 bits per heavy atom. The Balaban J connectivity index is 1.82. The van der Waals surface area contributed by atoms with Gasteiger partial charge in [-0.05, 0) is 42.8 Å². The molecule has 1 aromatic heterocycles. The van der Waals surface area contributed by atoms with Crippen molar-refractivity contribution in [2.45, 2.75) is 38.3 Å². The predicted octanol–water partition coefficient (Wildman–Crippen LogP) is 4.22.